The Balaban J connectivity index is 0.00000180. The van der Waals surface area contributed by atoms with Crippen molar-refractivity contribution in [2.45, 2.75) is 6.04 Å². The van der Waals surface area contributed by atoms with Crippen LogP contribution in [0.5, 0.6) is 5.75 Å². The van der Waals surface area contributed by atoms with E-state index < -0.39 is 18.5 Å². The lowest BCUT2D eigenvalue weighted by Crippen LogP contribution is -2.45. The highest BCUT2D eigenvalue weighted by atomic mass is 35.5. The van der Waals surface area contributed by atoms with Crippen molar-refractivity contribution in [3.8, 4) is 5.75 Å². The minimum atomic E-state index is -0.684. The van der Waals surface area contributed by atoms with E-state index in [9.17, 15) is 13.9 Å². The van der Waals surface area contributed by atoms with Gasteiger partial charge in [-0.3, -0.25) is 4.90 Å². The average molecular weight is 330 g/mol. The minimum Gasteiger partial charge on any atom is -0.505 e. The van der Waals surface area contributed by atoms with Crippen molar-refractivity contribution in [2.24, 2.45) is 0 Å². The van der Waals surface area contributed by atoms with Gasteiger partial charge in [0.15, 0.2) is 0 Å². The van der Waals surface area contributed by atoms with Crippen molar-refractivity contribution in [2.75, 3.05) is 38.6 Å². The summed E-state index contributed by atoms with van der Waals surface area (Å²) >= 11 is 0. The highest BCUT2D eigenvalue weighted by molar-refractivity contribution is 5.85. The summed E-state index contributed by atoms with van der Waals surface area (Å²) in [6, 6.07) is 1.54. The molecule has 0 saturated carbocycles. The third kappa shape index (κ3) is 4.09. The Kier molecular flexibility index (Phi) is 8.12. The Bertz CT molecular complexity index is 431. The summed E-state index contributed by atoms with van der Waals surface area (Å²) in [4.78, 5) is 1.88. The number of piperazine rings is 1. The molecule has 1 aromatic carbocycles. The molecule has 1 aliphatic rings. The molecule has 0 aliphatic carbocycles. The van der Waals surface area contributed by atoms with E-state index in [-0.39, 0.29) is 41.8 Å². The van der Waals surface area contributed by atoms with Gasteiger partial charge in [0.1, 0.15) is 18.2 Å². The van der Waals surface area contributed by atoms with Crippen LogP contribution in [-0.4, -0.2) is 42.9 Å². The van der Waals surface area contributed by atoms with Crippen molar-refractivity contribution in [1.29, 1.82) is 0 Å². The number of anilines is 1. The van der Waals surface area contributed by atoms with Gasteiger partial charge in [-0.05, 0) is 6.07 Å². The van der Waals surface area contributed by atoms with Crippen LogP contribution in [0.3, 0.4) is 0 Å². The van der Waals surface area contributed by atoms with E-state index >= 15 is 0 Å². The number of nitrogens with one attached hydrogen (secondary N) is 1. The number of aromatic hydroxyl groups is 1. The Morgan fingerprint density at radius 3 is 2.45 bits per heavy atom. The topological polar surface area (TPSA) is 61.5 Å². The van der Waals surface area contributed by atoms with Crippen LogP contribution in [-0.2, 0) is 0 Å². The van der Waals surface area contributed by atoms with Crippen LogP contribution in [0, 0.1) is 5.82 Å². The smallest absolute Gasteiger partial charge is 0.143 e. The van der Waals surface area contributed by atoms with E-state index in [2.05, 4.69) is 5.32 Å². The monoisotopic (exact) mass is 329 g/mol. The van der Waals surface area contributed by atoms with E-state index in [1.807, 2.05) is 4.90 Å². The number of nitrogen functional groups attached to an aromatic ring is 1. The normalized spacial score (nSPS) is 16.9. The first-order valence-corrected chi connectivity index (χ1v) is 5.92. The quantitative estimate of drug-likeness (QED) is 0.585. The van der Waals surface area contributed by atoms with Crippen LogP contribution in [0.25, 0.3) is 0 Å². The van der Waals surface area contributed by atoms with Gasteiger partial charge < -0.3 is 16.2 Å². The molecule has 1 fully saturated rings. The fourth-order valence-electron chi connectivity index (χ4n) is 2.27. The summed E-state index contributed by atoms with van der Waals surface area (Å²) in [6.07, 6.45) is 0. The van der Waals surface area contributed by atoms with E-state index in [0.29, 0.717) is 13.1 Å². The molecule has 0 spiro atoms. The zero-order chi connectivity index (χ0) is 13.1. The first-order valence-electron chi connectivity index (χ1n) is 5.92. The van der Waals surface area contributed by atoms with Crippen molar-refractivity contribution in [3.05, 3.63) is 23.5 Å². The maximum atomic E-state index is 13.3. The molecule has 20 heavy (non-hydrogen) atoms. The predicted octanol–water partition coefficient (Wildman–Crippen LogP) is 1.87. The van der Waals surface area contributed by atoms with Crippen LogP contribution >= 0.6 is 24.8 Å². The molecule has 0 amide bonds. The van der Waals surface area contributed by atoms with Gasteiger partial charge in [-0.15, -0.1) is 24.8 Å². The van der Waals surface area contributed by atoms with E-state index in [1.54, 1.807) is 0 Å². The van der Waals surface area contributed by atoms with Crippen LogP contribution < -0.4 is 11.1 Å². The largest absolute Gasteiger partial charge is 0.505 e. The predicted molar refractivity (Wildman–Crippen MR) is 80.1 cm³/mol. The number of nitrogens with zero attached hydrogens (tertiary/aromatic N) is 1. The third-order valence-electron chi connectivity index (χ3n) is 3.23. The summed E-state index contributed by atoms with van der Waals surface area (Å²) in [5, 5.41) is 13.0. The van der Waals surface area contributed by atoms with E-state index in [0.717, 1.165) is 25.2 Å². The molecule has 1 heterocycles. The summed E-state index contributed by atoms with van der Waals surface area (Å²) in [6.45, 7) is 2.13. The van der Waals surface area contributed by atoms with Crippen LogP contribution in [0.1, 0.15) is 11.6 Å². The second-order valence-corrected chi connectivity index (χ2v) is 4.39. The molecule has 1 atom stereocenters. The molecule has 1 aromatic rings. The summed E-state index contributed by atoms with van der Waals surface area (Å²) in [5.74, 6) is -0.786. The van der Waals surface area contributed by atoms with Crippen molar-refractivity contribution in [1.82, 2.24) is 10.2 Å². The molecule has 2 rings (SSSR count). The lowest BCUT2D eigenvalue weighted by atomic mass is 10.0. The molecule has 4 nitrogen and oxygen atoms in total. The van der Waals surface area contributed by atoms with Gasteiger partial charge in [0, 0.05) is 37.8 Å². The number of halogens is 4. The fraction of sp³-hybridized carbons (Fsp3) is 0.500. The van der Waals surface area contributed by atoms with Gasteiger partial charge >= 0.3 is 0 Å². The van der Waals surface area contributed by atoms with E-state index in [1.165, 1.54) is 0 Å². The lowest BCUT2D eigenvalue weighted by Gasteiger charge is -2.34. The molecular weight excluding hydrogens is 311 g/mol. The zero-order valence-electron chi connectivity index (χ0n) is 10.8. The van der Waals surface area contributed by atoms with Crippen molar-refractivity contribution < 1.29 is 13.9 Å². The molecule has 1 saturated heterocycles. The van der Waals surface area contributed by atoms with Gasteiger partial charge in [-0.1, -0.05) is 0 Å². The Hall–Kier alpha value is -0.820. The third-order valence-corrected chi connectivity index (χ3v) is 3.23. The minimum absolute atomic E-state index is 0. The molecule has 116 valence electrons. The fourth-order valence-corrected chi connectivity index (χ4v) is 2.27. The maximum Gasteiger partial charge on any atom is 0.143 e. The van der Waals surface area contributed by atoms with Gasteiger partial charge in [0.25, 0.3) is 0 Å². The number of hydrogen-bond donors (Lipinski definition) is 3. The number of nitrogens with two attached hydrogens (primary N) is 1. The van der Waals surface area contributed by atoms with Crippen LogP contribution in [0.2, 0.25) is 0 Å². The number of hydrogen-bond acceptors (Lipinski definition) is 4. The zero-order valence-corrected chi connectivity index (χ0v) is 12.4. The lowest BCUT2D eigenvalue weighted by molar-refractivity contribution is 0.145. The molecule has 0 radical (unpaired) electrons. The van der Waals surface area contributed by atoms with Crippen LogP contribution in [0.15, 0.2) is 12.1 Å². The molecule has 4 N–H and O–H groups in total. The molecular formula is C12H19Cl2F2N3O. The Morgan fingerprint density at radius 1 is 1.30 bits per heavy atom. The number of rotatable bonds is 3. The highest BCUT2D eigenvalue weighted by Gasteiger charge is 2.25. The number of phenols is 1. The highest BCUT2D eigenvalue weighted by Crippen LogP contribution is 2.34. The van der Waals surface area contributed by atoms with Gasteiger partial charge in [0.05, 0.1) is 11.7 Å². The summed E-state index contributed by atoms with van der Waals surface area (Å²) in [5.41, 5.74) is 5.66. The first-order chi connectivity index (χ1) is 8.63. The molecule has 1 aliphatic heterocycles. The molecule has 8 heteroatoms. The standard InChI is InChI=1S/C12H17F2N3O.2ClH/c13-7-11(17-3-1-16-2-4-17)9-5-8(14)6-10(15)12(9)18;;/h5-6,11,16,18H,1-4,7,15H2;2*1H/t11-;;/m0../s1. The van der Waals surface area contributed by atoms with Crippen LogP contribution in [0.4, 0.5) is 14.5 Å². The second kappa shape index (κ2) is 8.46. The summed E-state index contributed by atoms with van der Waals surface area (Å²) in [7, 11) is 0. The van der Waals surface area contributed by atoms with Gasteiger partial charge in [0.2, 0.25) is 0 Å². The van der Waals surface area contributed by atoms with Gasteiger partial charge in [-0.25, -0.2) is 8.78 Å². The average Bonchev–Trinajstić information content (AvgIpc) is 2.37. The van der Waals surface area contributed by atoms with E-state index in [4.69, 9.17) is 5.73 Å². The second-order valence-electron chi connectivity index (χ2n) is 4.39. The van der Waals surface area contributed by atoms with Gasteiger partial charge in [-0.2, -0.15) is 0 Å². The Labute approximate surface area is 129 Å². The number of benzene rings is 1. The molecule has 0 unspecified atom stereocenters. The first kappa shape index (κ1) is 19.2. The Morgan fingerprint density at radius 2 is 1.90 bits per heavy atom. The number of phenolic OH excluding ortho intramolecular Hbond substituents is 1. The molecule has 0 bridgehead atoms. The summed E-state index contributed by atoms with van der Waals surface area (Å²) < 4.78 is 26.6. The molecule has 0 aromatic heterocycles. The SMILES string of the molecule is Cl.Cl.Nc1cc(F)cc([C@H](CF)N2CCNCC2)c1O. The van der Waals surface area contributed by atoms with Crippen molar-refractivity contribution in [3.63, 3.8) is 0 Å². The number of alkyl halides is 1. The maximum absolute atomic E-state index is 13.3. The van der Waals surface area contributed by atoms with Crippen molar-refractivity contribution >= 4 is 30.5 Å².